The zero-order chi connectivity index (χ0) is 22.0. The third-order valence-corrected chi connectivity index (χ3v) is 6.51. The van der Waals surface area contributed by atoms with E-state index in [1.807, 2.05) is 55.4 Å². The van der Waals surface area contributed by atoms with Crippen LogP contribution < -0.4 is 9.80 Å². The number of anilines is 2. The average molecular weight is 479 g/mol. The SMILES string of the molecule is CN(C)c1ccc(CN(C(=O)C2CCCc3c(O)cccc32)c2ccc(Br)cc2)cc1. The van der Waals surface area contributed by atoms with E-state index in [2.05, 4.69) is 45.1 Å². The first-order valence-electron chi connectivity index (χ1n) is 10.6. The highest BCUT2D eigenvalue weighted by atomic mass is 79.9. The molecule has 0 aromatic heterocycles. The van der Waals surface area contributed by atoms with Crippen molar-refractivity contribution in [2.24, 2.45) is 0 Å². The topological polar surface area (TPSA) is 43.8 Å². The molecule has 0 spiro atoms. The zero-order valence-corrected chi connectivity index (χ0v) is 19.5. The molecule has 0 saturated heterocycles. The third kappa shape index (κ3) is 4.62. The Morgan fingerprint density at radius 1 is 1.00 bits per heavy atom. The summed E-state index contributed by atoms with van der Waals surface area (Å²) < 4.78 is 0.979. The predicted octanol–water partition coefficient (Wildman–Crippen LogP) is 5.87. The fourth-order valence-corrected chi connectivity index (χ4v) is 4.54. The van der Waals surface area contributed by atoms with Crippen molar-refractivity contribution < 1.29 is 9.90 Å². The van der Waals surface area contributed by atoms with Crippen LogP contribution in [0.15, 0.2) is 71.2 Å². The number of hydrogen-bond acceptors (Lipinski definition) is 3. The highest BCUT2D eigenvalue weighted by Gasteiger charge is 2.32. The number of fused-ring (bicyclic) bond motifs is 1. The molecule has 31 heavy (non-hydrogen) atoms. The van der Waals surface area contributed by atoms with Gasteiger partial charge < -0.3 is 14.9 Å². The maximum absolute atomic E-state index is 13.9. The first-order chi connectivity index (χ1) is 14.9. The Labute approximate surface area is 192 Å². The van der Waals surface area contributed by atoms with Gasteiger partial charge in [0.05, 0.1) is 12.5 Å². The van der Waals surface area contributed by atoms with Gasteiger partial charge in [0.1, 0.15) is 5.75 Å². The van der Waals surface area contributed by atoms with Crippen molar-refractivity contribution in [2.45, 2.75) is 31.7 Å². The smallest absolute Gasteiger partial charge is 0.234 e. The van der Waals surface area contributed by atoms with Crippen LogP contribution in [0.2, 0.25) is 0 Å². The maximum atomic E-state index is 13.9. The largest absolute Gasteiger partial charge is 0.508 e. The van der Waals surface area contributed by atoms with Crippen LogP contribution in [0, 0.1) is 0 Å². The summed E-state index contributed by atoms with van der Waals surface area (Å²) in [6.45, 7) is 0.499. The van der Waals surface area contributed by atoms with E-state index in [9.17, 15) is 9.90 Å². The van der Waals surface area contributed by atoms with Crippen LogP contribution in [-0.2, 0) is 17.8 Å². The predicted molar refractivity (Wildman–Crippen MR) is 130 cm³/mol. The Balaban J connectivity index is 1.69. The molecule has 1 unspecified atom stereocenters. The van der Waals surface area contributed by atoms with Gasteiger partial charge in [-0.3, -0.25) is 4.79 Å². The fraction of sp³-hybridized carbons (Fsp3) is 0.269. The molecule has 0 saturated carbocycles. The van der Waals surface area contributed by atoms with Gasteiger partial charge in [-0.05, 0) is 78.4 Å². The number of amides is 1. The summed E-state index contributed by atoms with van der Waals surface area (Å²) in [5, 5.41) is 10.3. The summed E-state index contributed by atoms with van der Waals surface area (Å²) in [6.07, 6.45) is 2.50. The number of phenols is 1. The fourth-order valence-electron chi connectivity index (χ4n) is 4.27. The molecular formula is C26H27BrN2O2. The molecule has 0 aliphatic heterocycles. The lowest BCUT2D eigenvalue weighted by atomic mass is 9.81. The van der Waals surface area contributed by atoms with E-state index in [-0.39, 0.29) is 11.8 Å². The number of benzene rings is 3. The summed E-state index contributed by atoms with van der Waals surface area (Å²) in [5.74, 6) is 0.121. The van der Waals surface area contributed by atoms with Crippen LogP contribution in [0.25, 0.3) is 0 Å². The number of nitrogens with zero attached hydrogens (tertiary/aromatic N) is 2. The highest BCUT2D eigenvalue weighted by molar-refractivity contribution is 9.10. The van der Waals surface area contributed by atoms with Gasteiger partial charge in [-0.2, -0.15) is 0 Å². The molecule has 1 aliphatic rings. The number of rotatable bonds is 5. The molecule has 4 nitrogen and oxygen atoms in total. The minimum atomic E-state index is -0.249. The van der Waals surface area contributed by atoms with Crippen LogP contribution in [0.1, 0.15) is 35.4 Å². The number of hydrogen-bond donors (Lipinski definition) is 1. The molecule has 4 rings (SSSR count). The van der Waals surface area contributed by atoms with Gasteiger partial charge >= 0.3 is 0 Å². The standard InChI is InChI=1S/C26H27BrN2O2/c1-28(2)20-13-9-18(10-14-20)17-29(21-15-11-19(27)12-16-21)26(31)24-7-3-6-23-22(24)5-4-8-25(23)30/h4-5,8-16,24,30H,3,6-7,17H2,1-2H3. The lowest BCUT2D eigenvalue weighted by molar-refractivity contribution is -0.120. The summed E-state index contributed by atoms with van der Waals surface area (Å²) in [5.41, 5.74) is 4.95. The van der Waals surface area contributed by atoms with Crippen LogP contribution in [-0.4, -0.2) is 25.1 Å². The highest BCUT2D eigenvalue weighted by Crippen LogP contribution is 2.38. The summed E-state index contributed by atoms with van der Waals surface area (Å²) in [6, 6.07) is 21.7. The Morgan fingerprint density at radius 3 is 2.35 bits per heavy atom. The molecule has 1 N–H and O–H groups in total. The molecule has 160 valence electrons. The second kappa shape index (κ2) is 9.15. The van der Waals surface area contributed by atoms with Crippen LogP contribution in [0.3, 0.4) is 0 Å². The molecule has 0 heterocycles. The third-order valence-electron chi connectivity index (χ3n) is 5.98. The number of carbonyl (C=O) groups excluding carboxylic acids is 1. The number of halogens is 1. The molecule has 5 heteroatoms. The lowest BCUT2D eigenvalue weighted by Gasteiger charge is -2.31. The van der Waals surface area contributed by atoms with E-state index in [4.69, 9.17) is 0 Å². The van der Waals surface area contributed by atoms with Crippen molar-refractivity contribution in [3.63, 3.8) is 0 Å². The van der Waals surface area contributed by atoms with E-state index in [0.717, 1.165) is 51.8 Å². The number of phenolic OH excluding ortho intramolecular Hbond substituents is 1. The van der Waals surface area contributed by atoms with Crippen molar-refractivity contribution in [3.05, 3.63) is 87.9 Å². The molecule has 1 aliphatic carbocycles. The van der Waals surface area contributed by atoms with Gasteiger partial charge in [0.25, 0.3) is 0 Å². The Kier molecular flexibility index (Phi) is 6.33. The van der Waals surface area contributed by atoms with Gasteiger partial charge in [-0.25, -0.2) is 0 Å². The van der Waals surface area contributed by atoms with Gasteiger partial charge in [0.15, 0.2) is 0 Å². The Morgan fingerprint density at radius 2 is 1.68 bits per heavy atom. The second-order valence-electron chi connectivity index (χ2n) is 8.25. The second-order valence-corrected chi connectivity index (χ2v) is 9.17. The minimum absolute atomic E-state index is 0.0746. The Hall–Kier alpha value is -2.79. The Bertz CT molecular complexity index is 1060. The van der Waals surface area contributed by atoms with Crippen molar-refractivity contribution in [3.8, 4) is 5.75 Å². The van der Waals surface area contributed by atoms with E-state index in [1.54, 1.807) is 6.07 Å². The lowest BCUT2D eigenvalue weighted by Crippen LogP contribution is -2.36. The summed E-state index contributed by atoms with van der Waals surface area (Å²) in [4.78, 5) is 17.8. The van der Waals surface area contributed by atoms with Crippen molar-refractivity contribution in [2.75, 3.05) is 23.9 Å². The molecule has 0 bridgehead atoms. The van der Waals surface area contributed by atoms with E-state index in [0.29, 0.717) is 12.3 Å². The summed E-state index contributed by atoms with van der Waals surface area (Å²) in [7, 11) is 4.03. The molecular weight excluding hydrogens is 452 g/mol. The van der Waals surface area contributed by atoms with E-state index in [1.165, 1.54) is 0 Å². The van der Waals surface area contributed by atoms with Crippen LogP contribution in [0.5, 0.6) is 5.75 Å². The van der Waals surface area contributed by atoms with Gasteiger partial charge in [0, 0.05) is 29.9 Å². The first-order valence-corrected chi connectivity index (χ1v) is 11.4. The molecule has 3 aromatic carbocycles. The number of aromatic hydroxyl groups is 1. The zero-order valence-electron chi connectivity index (χ0n) is 17.9. The monoisotopic (exact) mass is 478 g/mol. The van der Waals surface area contributed by atoms with Gasteiger partial charge in [-0.15, -0.1) is 0 Å². The van der Waals surface area contributed by atoms with Crippen molar-refractivity contribution >= 4 is 33.2 Å². The molecule has 1 atom stereocenters. The van der Waals surface area contributed by atoms with Crippen molar-refractivity contribution in [1.29, 1.82) is 0 Å². The molecule has 3 aromatic rings. The average Bonchev–Trinajstić information content (AvgIpc) is 2.78. The maximum Gasteiger partial charge on any atom is 0.234 e. The molecule has 1 amide bonds. The normalized spacial score (nSPS) is 15.3. The van der Waals surface area contributed by atoms with E-state index < -0.39 is 0 Å². The first kappa shape index (κ1) is 21.4. The molecule has 0 fully saturated rings. The minimum Gasteiger partial charge on any atom is -0.508 e. The van der Waals surface area contributed by atoms with Crippen LogP contribution >= 0.6 is 15.9 Å². The van der Waals surface area contributed by atoms with Gasteiger partial charge in [0.2, 0.25) is 5.91 Å². The molecule has 0 radical (unpaired) electrons. The van der Waals surface area contributed by atoms with E-state index >= 15 is 0 Å². The quantitative estimate of drug-likeness (QED) is 0.498. The number of carbonyl (C=O) groups is 1. The van der Waals surface area contributed by atoms with Crippen molar-refractivity contribution in [1.82, 2.24) is 0 Å². The summed E-state index contributed by atoms with van der Waals surface area (Å²) >= 11 is 3.49. The van der Waals surface area contributed by atoms with Gasteiger partial charge in [-0.1, -0.05) is 40.2 Å². The van der Waals surface area contributed by atoms with Crippen LogP contribution in [0.4, 0.5) is 11.4 Å².